The molecule has 6 nitrogen and oxygen atoms in total. The van der Waals surface area contributed by atoms with Gasteiger partial charge in [-0.05, 0) is 38.7 Å². The lowest BCUT2D eigenvalue weighted by Crippen LogP contribution is -2.36. The van der Waals surface area contributed by atoms with Crippen molar-refractivity contribution in [3.63, 3.8) is 0 Å². The number of nitrogens with zero attached hydrogens (tertiary/aromatic N) is 5. The summed E-state index contributed by atoms with van der Waals surface area (Å²) in [4.78, 5) is 21.7. The molecule has 1 saturated heterocycles. The number of rotatable bonds is 4. The van der Waals surface area contributed by atoms with Crippen molar-refractivity contribution in [2.45, 2.75) is 58.0 Å². The Kier molecular flexibility index (Phi) is 5.11. The van der Waals surface area contributed by atoms with Crippen LogP contribution >= 0.6 is 23.1 Å². The van der Waals surface area contributed by atoms with Gasteiger partial charge in [0.15, 0.2) is 10.8 Å². The summed E-state index contributed by atoms with van der Waals surface area (Å²) in [5.74, 6) is 1.79. The van der Waals surface area contributed by atoms with Crippen LogP contribution in [-0.4, -0.2) is 49.2 Å². The molecule has 0 unspecified atom stereocenters. The van der Waals surface area contributed by atoms with Crippen molar-refractivity contribution in [2.75, 3.05) is 18.8 Å². The highest BCUT2D eigenvalue weighted by Gasteiger charge is 2.22. The van der Waals surface area contributed by atoms with Crippen LogP contribution < -0.4 is 0 Å². The van der Waals surface area contributed by atoms with Gasteiger partial charge in [-0.1, -0.05) is 25.6 Å². The predicted octanol–water partition coefficient (Wildman–Crippen LogP) is 4.18. The molecule has 1 fully saturated rings. The van der Waals surface area contributed by atoms with Gasteiger partial charge < -0.3 is 4.90 Å². The SMILES string of the molecule is Cc1sc2nc(C(C)C)n3c(SCC(=O)N4CCCCC4)nnc3c2c1C. The Bertz CT molecular complexity index is 1000. The van der Waals surface area contributed by atoms with E-state index in [1.54, 1.807) is 11.3 Å². The molecule has 1 amide bonds. The van der Waals surface area contributed by atoms with Crippen LogP contribution in [0.4, 0.5) is 0 Å². The summed E-state index contributed by atoms with van der Waals surface area (Å²) in [5, 5.41) is 10.8. The lowest BCUT2D eigenvalue weighted by molar-refractivity contribution is -0.129. The fraction of sp³-hybridized carbons (Fsp3) is 0.579. The highest BCUT2D eigenvalue weighted by Crippen LogP contribution is 2.34. The van der Waals surface area contributed by atoms with Gasteiger partial charge in [-0.15, -0.1) is 21.5 Å². The number of hydrogen-bond acceptors (Lipinski definition) is 6. The number of likely N-dealkylation sites (tertiary alicyclic amines) is 1. The topological polar surface area (TPSA) is 63.4 Å². The number of fused-ring (bicyclic) bond motifs is 3. The third-order valence-corrected chi connectivity index (χ3v) is 7.23. The third kappa shape index (κ3) is 3.33. The zero-order chi connectivity index (χ0) is 19.1. The van der Waals surface area contributed by atoms with E-state index in [9.17, 15) is 4.79 Å². The maximum atomic E-state index is 12.6. The normalized spacial score (nSPS) is 15.4. The average molecular weight is 404 g/mol. The molecule has 0 aromatic carbocycles. The maximum Gasteiger partial charge on any atom is 0.233 e. The lowest BCUT2D eigenvalue weighted by Gasteiger charge is -2.26. The Hall–Kier alpha value is -1.67. The number of thioether (sulfide) groups is 1. The fourth-order valence-electron chi connectivity index (χ4n) is 3.59. The maximum absolute atomic E-state index is 12.6. The Morgan fingerprint density at radius 1 is 1.19 bits per heavy atom. The van der Waals surface area contributed by atoms with Crippen LogP contribution in [0, 0.1) is 13.8 Å². The molecule has 0 aliphatic carbocycles. The first kappa shape index (κ1) is 18.7. The first-order valence-corrected chi connectivity index (χ1v) is 11.3. The van der Waals surface area contributed by atoms with Crippen molar-refractivity contribution in [3.05, 3.63) is 16.3 Å². The summed E-state index contributed by atoms with van der Waals surface area (Å²) in [5.41, 5.74) is 2.08. The minimum atomic E-state index is 0.194. The van der Waals surface area contributed by atoms with Gasteiger partial charge >= 0.3 is 0 Å². The molecule has 4 heterocycles. The third-order valence-electron chi connectivity index (χ3n) is 5.22. The zero-order valence-corrected chi connectivity index (χ0v) is 17.9. The van der Waals surface area contributed by atoms with Gasteiger partial charge in [0.2, 0.25) is 5.91 Å². The van der Waals surface area contributed by atoms with E-state index in [0.29, 0.717) is 5.75 Å². The molecule has 144 valence electrons. The van der Waals surface area contributed by atoms with Gasteiger partial charge in [-0.25, -0.2) is 4.98 Å². The molecule has 0 N–H and O–H groups in total. The Balaban J connectivity index is 1.71. The number of hydrogen-bond donors (Lipinski definition) is 0. The number of carbonyl (C=O) groups is 1. The molecule has 3 aromatic heterocycles. The number of carbonyl (C=O) groups excluding carboxylic acids is 1. The number of aromatic nitrogens is 4. The predicted molar refractivity (Wildman–Crippen MR) is 111 cm³/mol. The highest BCUT2D eigenvalue weighted by atomic mass is 32.2. The largest absolute Gasteiger partial charge is 0.342 e. The molecule has 0 saturated carbocycles. The number of amides is 1. The van der Waals surface area contributed by atoms with E-state index >= 15 is 0 Å². The van der Waals surface area contributed by atoms with Crippen molar-refractivity contribution >= 4 is 44.9 Å². The van der Waals surface area contributed by atoms with Crippen LogP contribution in [0.2, 0.25) is 0 Å². The number of aryl methyl sites for hydroxylation is 2. The number of thiophene rings is 1. The molecule has 0 bridgehead atoms. The second-order valence-corrected chi connectivity index (χ2v) is 9.61. The molecule has 4 rings (SSSR count). The molecule has 27 heavy (non-hydrogen) atoms. The van der Waals surface area contributed by atoms with Crippen molar-refractivity contribution in [1.82, 2.24) is 24.5 Å². The lowest BCUT2D eigenvalue weighted by atomic mass is 10.1. The summed E-state index contributed by atoms with van der Waals surface area (Å²) in [6.45, 7) is 10.3. The second kappa shape index (κ2) is 7.39. The first-order valence-electron chi connectivity index (χ1n) is 9.52. The van der Waals surface area contributed by atoms with Gasteiger partial charge in [-0.3, -0.25) is 9.20 Å². The van der Waals surface area contributed by atoms with Crippen LogP contribution in [0.25, 0.3) is 15.9 Å². The van der Waals surface area contributed by atoms with Gasteiger partial charge in [0.1, 0.15) is 10.7 Å². The smallest absolute Gasteiger partial charge is 0.233 e. The van der Waals surface area contributed by atoms with Crippen molar-refractivity contribution in [3.8, 4) is 0 Å². The Morgan fingerprint density at radius 3 is 2.63 bits per heavy atom. The molecule has 1 aliphatic heterocycles. The van der Waals surface area contributed by atoms with E-state index in [-0.39, 0.29) is 11.8 Å². The van der Waals surface area contributed by atoms with Crippen molar-refractivity contribution in [2.24, 2.45) is 0 Å². The van der Waals surface area contributed by atoms with Crippen molar-refractivity contribution in [1.29, 1.82) is 0 Å². The van der Waals surface area contributed by atoms with Gasteiger partial charge in [0, 0.05) is 23.9 Å². The van der Waals surface area contributed by atoms with E-state index in [4.69, 9.17) is 4.98 Å². The van der Waals surface area contributed by atoms with E-state index in [2.05, 4.69) is 42.3 Å². The number of piperidine rings is 1. The van der Waals surface area contributed by atoms with Crippen LogP contribution in [0.1, 0.15) is 55.3 Å². The highest BCUT2D eigenvalue weighted by molar-refractivity contribution is 7.99. The van der Waals surface area contributed by atoms with E-state index < -0.39 is 0 Å². The molecule has 3 aromatic rings. The minimum Gasteiger partial charge on any atom is -0.342 e. The zero-order valence-electron chi connectivity index (χ0n) is 16.3. The quantitative estimate of drug-likeness (QED) is 0.612. The molecule has 0 spiro atoms. The Morgan fingerprint density at radius 2 is 1.93 bits per heavy atom. The van der Waals surface area contributed by atoms with Crippen LogP contribution in [-0.2, 0) is 4.79 Å². The van der Waals surface area contributed by atoms with Crippen molar-refractivity contribution < 1.29 is 4.79 Å². The molecule has 1 aliphatic rings. The summed E-state index contributed by atoms with van der Waals surface area (Å²) < 4.78 is 2.06. The summed E-state index contributed by atoms with van der Waals surface area (Å²) in [7, 11) is 0. The standard InChI is InChI=1S/C19H25N5OS2/c1-11(2)16-20-18-15(12(3)13(4)27-18)17-21-22-19(24(16)17)26-10-14(25)23-8-6-5-7-9-23/h11H,5-10H2,1-4H3. The second-order valence-electron chi connectivity index (χ2n) is 7.46. The van der Waals surface area contributed by atoms with E-state index in [0.717, 1.165) is 52.8 Å². The van der Waals surface area contributed by atoms with Gasteiger partial charge in [0.25, 0.3) is 0 Å². The average Bonchev–Trinajstić information content (AvgIpc) is 3.20. The summed E-state index contributed by atoms with van der Waals surface area (Å²) in [6.07, 6.45) is 3.45. The minimum absolute atomic E-state index is 0.194. The molecular formula is C19H25N5OS2. The molecule has 0 atom stereocenters. The molecular weight excluding hydrogens is 378 g/mol. The van der Waals surface area contributed by atoms with Crippen LogP contribution in [0.5, 0.6) is 0 Å². The first-order chi connectivity index (χ1) is 13.0. The Labute approximate surface area is 167 Å². The monoisotopic (exact) mass is 403 g/mol. The summed E-state index contributed by atoms with van der Waals surface area (Å²) in [6, 6.07) is 0. The van der Waals surface area contributed by atoms with Gasteiger partial charge in [0.05, 0.1) is 11.1 Å². The van der Waals surface area contributed by atoms with Crippen LogP contribution in [0.15, 0.2) is 5.16 Å². The van der Waals surface area contributed by atoms with Crippen LogP contribution in [0.3, 0.4) is 0 Å². The fourth-order valence-corrected chi connectivity index (χ4v) is 5.46. The molecule has 0 radical (unpaired) electrons. The summed E-state index contributed by atoms with van der Waals surface area (Å²) >= 11 is 3.18. The van der Waals surface area contributed by atoms with Gasteiger partial charge in [-0.2, -0.15) is 0 Å². The molecule has 8 heteroatoms. The van der Waals surface area contributed by atoms with E-state index in [1.807, 2.05) is 4.90 Å². The van der Waals surface area contributed by atoms with E-state index in [1.165, 1.54) is 28.6 Å².